The quantitative estimate of drug-likeness (QED) is 0.352. The molecular formula is C17H14N2O5. The van der Waals surface area contributed by atoms with Crippen LogP contribution in [0.4, 0.5) is 5.69 Å². The summed E-state index contributed by atoms with van der Waals surface area (Å²) in [7, 11) is 0. The van der Waals surface area contributed by atoms with Gasteiger partial charge < -0.3 is 4.74 Å². The molecule has 2 amide bonds. The minimum Gasteiger partial charge on any atom is -0.375 e. The summed E-state index contributed by atoms with van der Waals surface area (Å²) in [4.78, 5) is 35.6. The van der Waals surface area contributed by atoms with Crippen molar-refractivity contribution in [3.63, 3.8) is 0 Å². The molecule has 122 valence electrons. The van der Waals surface area contributed by atoms with E-state index in [1.165, 1.54) is 17.0 Å². The Kier molecular flexibility index (Phi) is 4.35. The van der Waals surface area contributed by atoms with Crippen LogP contribution in [0, 0.1) is 10.1 Å². The summed E-state index contributed by atoms with van der Waals surface area (Å²) in [6.45, 7) is 0.614. The fourth-order valence-corrected chi connectivity index (χ4v) is 2.50. The Balaban J connectivity index is 1.52. The highest BCUT2D eigenvalue weighted by atomic mass is 16.6. The monoisotopic (exact) mass is 326 g/mol. The molecular weight excluding hydrogens is 312 g/mol. The fraction of sp³-hybridized carbons (Fsp3) is 0.176. The van der Waals surface area contributed by atoms with Gasteiger partial charge in [-0.1, -0.05) is 12.1 Å². The van der Waals surface area contributed by atoms with Crippen LogP contribution in [0.1, 0.15) is 26.3 Å². The average molecular weight is 326 g/mol. The Morgan fingerprint density at radius 3 is 2.08 bits per heavy atom. The van der Waals surface area contributed by atoms with Crippen LogP contribution in [0.25, 0.3) is 0 Å². The van der Waals surface area contributed by atoms with Gasteiger partial charge in [0.15, 0.2) is 0 Å². The third-order valence-electron chi connectivity index (χ3n) is 3.75. The van der Waals surface area contributed by atoms with Crippen molar-refractivity contribution in [2.24, 2.45) is 0 Å². The molecule has 7 heteroatoms. The van der Waals surface area contributed by atoms with Crippen molar-refractivity contribution in [3.8, 4) is 0 Å². The average Bonchev–Trinajstić information content (AvgIpc) is 2.84. The summed E-state index contributed by atoms with van der Waals surface area (Å²) in [5, 5.41) is 10.6. The summed E-state index contributed by atoms with van der Waals surface area (Å²) < 4.78 is 5.46. The first-order valence-electron chi connectivity index (χ1n) is 7.34. The van der Waals surface area contributed by atoms with Gasteiger partial charge in [-0.2, -0.15) is 0 Å². The molecule has 0 saturated heterocycles. The molecule has 24 heavy (non-hydrogen) atoms. The molecule has 0 fully saturated rings. The number of non-ortho nitro benzene ring substituents is 1. The zero-order valence-corrected chi connectivity index (χ0v) is 12.7. The van der Waals surface area contributed by atoms with Crippen LogP contribution >= 0.6 is 0 Å². The Hall–Kier alpha value is -3.06. The first-order chi connectivity index (χ1) is 11.6. The van der Waals surface area contributed by atoms with Crippen LogP contribution in [-0.4, -0.2) is 34.8 Å². The lowest BCUT2D eigenvalue weighted by Gasteiger charge is -2.13. The predicted octanol–water partition coefficient (Wildman–Crippen LogP) is 2.41. The zero-order valence-electron chi connectivity index (χ0n) is 12.7. The number of fused-ring (bicyclic) bond motifs is 1. The number of imide groups is 1. The molecule has 3 rings (SSSR count). The maximum absolute atomic E-state index is 12.2. The highest BCUT2D eigenvalue weighted by molar-refractivity contribution is 6.21. The number of nitro groups is 1. The van der Waals surface area contributed by atoms with Gasteiger partial charge in [0.1, 0.15) is 0 Å². The Morgan fingerprint density at radius 1 is 0.958 bits per heavy atom. The van der Waals surface area contributed by atoms with E-state index in [9.17, 15) is 19.7 Å². The van der Waals surface area contributed by atoms with E-state index >= 15 is 0 Å². The van der Waals surface area contributed by atoms with E-state index in [1.807, 2.05) is 0 Å². The SMILES string of the molecule is O=C1c2ccccc2C(=O)N1CCOCc1ccc([N+](=O)[O-])cc1. The molecule has 0 atom stereocenters. The summed E-state index contributed by atoms with van der Waals surface area (Å²) in [6.07, 6.45) is 0. The molecule has 0 N–H and O–H groups in total. The maximum atomic E-state index is 12.2. The van der Waals surface area contributed by atoms with E-state index in [4.69, 9.17) is 4.74 Å². The van der Waals surface area contributed by atoms with Crippen LogP contribution < -0.4 is 0 Å². The lowest BCUT2D eigenvalue weighted by Crippen LogP contribution is -2.33. The number of rotatable bonds is 6. The van der Waals surface area contributed by atoms with Gasteiger partial charge in [-0.15, -0.1) is 0 Å². The molecule has 0 saturated carbocycles. The highest BCUT2D eigenvalue weighted by Gasteiger charge is 2.34. The number of carbonyl (C=O) groups is 2. The van der Waals surface area contributed by atoms with Gasteiger partial charge in [0.25, 0.3) is 17.5 Å². The van der Waals surface area contributed by atoms with E-state index < -0.39 is 4.92 Å². The topological polar surface area (TPSA) is 89.8 Å². The highest BCUT2D eigenvalue weighted by Crippen LogP contribution is 2.22. The van der Waals surface area contributed by atoms with Gasteiger partial charge in [0.2, 0.25) is 0 Å². The van der Waals surface area contributed by atoms with Gasteiger partial charge in [-0.3, -0.25) is 24.6 Å². The predicted molar refractivity (Wildman–Crippen MR) is 84.6 cm³/mol. The van der Waals surface area contributed by atoms with Crippen molar-refractivity contribution in [2.45, 2.75) is 6.61 Å². The number of hydrogen-bond donors (Lipinski definition) is 0. The van der Waals surface area contributed by atoms with Crippen molar-refractivity contribution in [3.05, 3.63) is 75.3 Å². The lowest BCUT2D eigenvalue weighted by atomic mass is 10.1. The van der Waals surface area contributed by atoms with Gasteiger partial charge in [-0.05, 0) is 29.8 Å². The van der Waals surface area contributed by atoms with Crippen molar-refractivity contribution < 1.29 is 19.2 Å². The molecule has 2 aromatic rings. The van der Waals surface area contributed by atoms with Crippen LogP contribution in [0.3, 0.4) is 0 Å². The molecule has 0 aliphatic carbocycles. The lowest BCUT2D eigenvalue weighted by molar-refractivity contribution is -0.384. The number of amides is 2. The molecule has 7 nitrogen and oxygen atoms in total. The first kappa shape index (κ1) is 15.8. The van der Waals surface area contributed by atoms with Crippen molar-refractivity contribution >= 4 is 17.5 Å². The Morgan fingerprint density at radius 2 is 1.54 bits per heavy atom. The maximum Gasteiger partial charge on any atom is 0.269 e. The third-order valence-corrected chi connectivity index (χ3v) is 3.75. The summed E-state index contributed by atoms with van der Waals surface area (Å²) in [5.74, 6) is -0.621. The zero-order chi connectivity index (χ0) is 17.1. The van der Waals surface area contributed by atoms with Gasteiger partial charge in [0, 0.05) is 12.1 Å². The second kappa shape index (κ2) is 6.59. The van der Waals surface area contributed by atoms with E-state index in [-0.39, 0.29) is 37.3 Å². The van der Waals surface area contributed by atoms with E-state index in [0.717, 1.165) is 5.56 Å². The second-order valence-corrected chi connectivity index (χ2v) is 5.28. The molecule has 1 aliphatic rings. The molecule has 1 heterocycles. The Bertz CT molecular complexity index is 766. The minimum absolute atomic E-state index is 0.0183. The van der Waals surface area contributed by atoms with Crippen molar-refractivity contribution in [2.75, 3.05) is 13.2 Å². The molecule has 0 unspecified atom stereocenters. The molecule has 0 spiro atoms. The molecule has 1 aliphatic heterocycles. The van der Waals surface area contributed by atoms with E-state index in [2.05, 4.69) is 0 Å². The number of hydrogen-bond acceptors (Lipinski definition) is 5. The molecule has 0 aromatic heterocycles. The van der Waals surface area contributed by atoms with Crippen LogP contribution in [0.15, 0.2) is 48.5 Å². The van der Waals surface area contributed by atoms with Gasteiger partial charge in [-0.25, -0.2) is 0 Å². The van der Waals surface area contributed by atoms with Crippen LogP contribution in [-0.2, 0) is 11.3 Å². The summed E-state index contributed by atoms with van der Waals surface area (Å²) >= 11 is 0. The molecule has 2 aromatic carbocycles. The van der Waals surface area contributed by atoms with Crippen molar-refractivity contribution in [1.82, 2.24) is 4.90 Å². The standard InChI is InChI=1S/C17H14N2O5/c20-16-14-3-1-2-4-15(14)17(21)18(16)9-10-24-11-12-5-7-13(8-6-12)19(22)23/h1-8H,9-11H2. The Labute approximate surface area is 137 Å². The first-order valence-corrected chi connectivity index (χ1v) is 7.34. The van der Waals surface area contributed by atoms with Gasteiger partial charge in [0.05, 0.1) is 35.8 Å². The minimum atomic E-state index is -0.465. The molecule has 0 radical (unpaired) electrons. The number of nitro benzene ring substituents is 1. The number of benzene rings is 2. The van der Waals surface area contributed by atoms with Crippen molar-refractivity contribution in [1.29, 1.82) is 0 Å². The number of carbonyl (C=O) groups excluding carboxylic acids is 2. The van der Waals surface area contributed by atoms with Crippen LogP contribution in [0.5, 0.6) is 0 Å². The summed E-state index contributed by atoms with van der Waals surface area (Å²) in [5.41, 5.74) is 1.63. The molecule has 0 bridgehead atoms. The second-order valence-electron chi connectivity index (χ2n) is 5.28. The van der Waals surface area contributed by atoms with E-state index in [0.29, 0.717) is 11.1 Å². The summed E-state index contributed by atoms with van der Waals surface area (Å²) in [6, 6.07) is 12.7. The van der Waals surface area contributed by atoms with Crippen LogP contribution in [0.2, 0.25) is 0 Å². The third kappa shape index (κ3) is 3.02. The normalized spacial score (nSPS) is 13.2. The smallest absolute Gasteiger partial charge is 0.269 e. The van der Waals surface area contributed by atoms with Gasteiger partial charge >= 0.3 is 0 Å². The number of ether oxygens (including phenoxy) is 1. The van der Waals surface area contributed by atoms with E-state index in [1.54, 1.807) is 36.4 Å². The fourth-order valence-electron chi connectivity index (χ4n) is 2.50. The largest absolute Gasteiger partial charge is 0.375 e. The number of nitrogens with zero attached hydrogens (tertiary/aromatic N) is 2.